The summed E-state index contributed by atoms with van der Waals surface area (Å²) in [4.78, 5) is 7.66. The molecule has 3 rings (SSSR count). The lowest BCUT2D eigenvalue weighted by Crippen LogP contribution is -2.25. The average Bonchev–Trinajstić information content (AvgIpc) is 2.42. The van der Waals surface area contributed by atoms with E-state index < -0.39 is 0 Å². The summed E-state index contributed by atoms with van der Waals surface area (Å²) in [6.45, 7) is 3.41. The summed E-state index contributed by atoms with van der Waals surface area (Å²) in [5, 5.41) is 3.27. The van der Waals surface area contributed by atoms with Crippen molar-refractivity contribution in [1.82, 2.24) is 15.3 Å². The predicted molar refractivity (Wildman–Crippen MR) is 75.0 cm³/mol. The number of benzene rings is 1. The fraction of sp³-hybridized carbons (Fsp3) is 0.286. The van der Waals surface area contributed by atoms with Crippen LogP contribution < -0.4 is 5.32 Å². The highest BCUT2D eigenvalue weighted by atomic mass is 32.1. The van der Waals surface area contributed by atoms with Gasteiger partial charge in [0.05, 0.1) is 0 Å². The monoisotopic (exact) mass is 275 g/mol. The third kappa shape index (κ3) is 2.31. The van der Waals surface area contributed by atoms with Gasteiger partial charge in [-0.15, -0.1) is 0 Å². The molecule has 2 N–H and O–H groups in total. The Morgan fingerprint density at radius 3 is 3.00 bits per heavy atom. The first kappa shape index (κ1) is 12.4. The largest absolute Gasteiger partial charge is 0.343 e. The van der Waals surface area contributed by atoms with Crippen LogP contribution in [0.15, 0.2) is 18.2 Å². The van der Waals surface area contributed by atoms with E-state index in [1.165, 1.54) is 6.07 Å². The third-order valence-electron chi connectivity index (χ3n) is 3.40. The van der Waals surface area contributed by atoms with E-state index in [2.05, 4.69) is 15.3 Å². The lowest BCUT2D eigenvalue weighted by molar-refractivity contribution is 0.617. The minimum absolute atomic E-state index is 0.224. The van der Waals surface area contributed by atoms with Crippen LogP contribution in [0.25, 0.3) is 11.4 Å². The van der Waals surface area contributed by atoms with Gasteiger partial charge in [0.25, 0.3) is 0 Å². The van der Waals surface area contributed by atoms with Crippen molar-refractivity contribution in [3.63, 3.8) is 0 Å². The second kappa shape index (κ2) is 4.83. The Morgan fingerprint density at radius 1 is 1.37 bits per heavy atom. The van der Waals surface area contributed by atoms with Crippen LogP contribution in [0, 0.1) is 17.4 Å². The van der Waals surface area contributed by atoms with Crippen molar-refractivity contribution in [3.8, 4) is 11.4 Å². The molecule has 0 saturated heterocycles. The van der Waals surface area contributed by atoms with Crippen LogP contribution in [0.3, 0.4) is 0 Å². The van der Waals surface area contributed by atoms with Gasteiger partial charge in [0.15, 0.2) is 0 Å². The summed E-state index contributed by atoms with van der Waals surface area (Å²) in [6, 6.07) is 5.11. The number of rotatable bonds is 1. The quantitative estimate of drug-likeness (QED) is 0.786. The predicted octanol–water partition coefficient (Wildman–Crippen LogP) is 2.90. The number of hydrogen-bond donors (Lipinski definition) is 2. The normalized spacial score (nSPS) is 14.2. The summed E-state index contributed by atoms with van der Waals surface area (Å²) >= 11 is 5.32. The molecule has 0 radical (unpaired) electrons. The zero-order valence-electron chi connectivity index (χ0n) is 10.6. The van der Waals surface area contributed by atoms with Crippen molar-refractivity contribution in [1.29, 1.82) is 0 Å². The van der Waals surface area contributed by atoms with Crippen molar-refractivity contribution in [3.05, 3.63) is 45.5 Å². The summed E-state index contributed by atoms with van der Waals surface area (Å²) in [7, 11) is 0. The second-order valence-corrected chi connectivity index (χ2v) is 5.13. The molecule has 1 aromatic carbocycles. The standard InChI is InChI=1S/C14H14FN3S/c1-8-2-3-9(6-11(8)15)13-17-12-4-5-16-7-10(12)14(19)18-13/h2-3,6,16H,4-5,7H2,1H3,(H,17,18,19). The Bertz CT molecular complexity index is 694. The molecule has 0 amide bonds. The van der Waals surface area contributed by atoms with E-state index in [1.54, 1.807) is 13.0 Å². The van der Waals surface area contributed by atoms with Crippen molar-refractivity contribution in [2.45, 2.75) is 19.9 Å². The fourth-order valence-electron chi connectivity index (χ4n) is 2.24. The van der Waals surface area contributed by atoms with Crippen molar-refractivity contribution in [2.24, 2.45) is 0 Å². The molecule has 3 nitrogen and oxygen atoms in total. The molecule has 2 heterocycles. The molecule has 0 fully saturated rings. The van der Waals surface area contributed by atoms with Gasteiger partial charge in [-0.25, -0.2) is 9.37 Å². The highest BCUT2D eigenvalue weighted by molar-refractivity contribution is 7.71. The third-order valence-corrected chi connectivity index (χ3v) is 3.74. The number of halogens is 1. The zero-order valence-corrected chi connectivity index (χ0v) is 11.4. The van der Waals surface area contributed by atoms with Crippen LogP contribution in [0.4, 0.5) is 4.39 Å². The molecule has 0 spiro atoms. The molecule has 1 aliphatic rings. The first-order chi connectivity index (χ1) is 9.15. The van der Waals surface area contributed by atoms with Crippen LogP contribution >= 0.6 is 12.2 Å². The van der Waals surface area contributed by atoms with E-state index in [0.717, 1.165) is 36.3 Å². The number of nitrogens with one attached hydrogen (secondary N) is 2. The van der Waals surface area contributed by atoms with Crippen LogP contribution in [0.2, 0.25) is 0 Å². The van der Waals surface area contributed by atoms with Crippen LogP contribution in [-0.2, 0) is 13.0 Å². The Labute approximate surface area is 115 Å². The number of fused-ring (bicyclic) bond motifs is 1. The van der Waals surface area contributed by atoms with E-state index in [-0.39, 0.29) is 5.82 Å². The Morgan fingerprint density at radius 2 is 2.21 bits per heavy atom. The molecular weight excluding hydrogens is 261 g/mol. The van der Waals surface area contributed by atoms with Gasteiger partial charge in [0, 0.05) is 36.3 Å². The van der Waals surface area contributed by atoms with E-state index in [0.29, 0.717) is 16.0 Å². The highest BCUT2D eigenvalue weighted by Gasteiger charge is 2.14. The first-order valence-electron chi connectivity index (χ1n) is 6.24. The van der Waals surface area contributed by atoms with E-state index >= 15 is 0 Å². The van der Waals surface area contributed by atoms with E-state index in [9.17, 15) is 4.39 Å². The lowest BCUT2D eigenvalue weighted by Gasteiger charge is -2.17. The maximum atomic E-state index is 13.6. The van der Waals surface area contributed by atoms with Crippen molar-refractivity contribution in [2.75, 3.05) is 6.54 Å². The number of H-pyrrole nitrogens is 1. The van der Waals surface area contributed by atoms with Gasteiger partial charge in [-0.2, -0.15) is 0 Å². The minimum atomic E-state index is -0.224. The molecule has 0 atom stereocenters. The van der Waals surface area contributed by atoms with Gasteiger partial charge in [0.2, 0.25) is 0 Å². The number of hydrogen-bond acceptors (Lipinski definition) is 3. The minimum Gasteiger partial charge on any atom is -0.343 e. The molecule has 2 aromatic rings. The van der Waals surface area contributed by atoms with Gasteiger partial charge in [-0.3, -0.25) is 0 Å². The van der Waals surface area contributed by atoms with Crippen LogP contribution in [0.5, 0.6) is 0 Å². The molecule has 98 valence electrons. The molecule has 5 heteroatoms. The Balaban J connectivity index is 2.12. The maximum Gasteiger partial charge on any atom is 0.139 e. The molecule has 1 aliphatic heterocycles. The Hall–Kier alpha value is -1.59. The van der Waals surface area contributed by atoms with Gasteiger partial charge >= 0.3 is 0 Å². The van der Waals surface area contributed by atoms with Crippen molar-refractivity contribution < 1.29 is 4.39 Å². The fourth-order valence-corrected chi connectivity index (χ4v) is 2.53. The van der Waals surface area contributed by atoms with Crippen molar-refractivity contribution >= 4 is 12.2 Å². The molecule has 0 saturated carbocycles. The molecule has 0 bridgehead atoms. The summed E-state index contributed by atoms with van der Waals surface area (Å²) in [5.41, 5.74) is 3.52. The van der Waals surface area contributed by atoms with Gasteiger partial charge in [-0.05, 0) is 18.6 Å². The van der Waals surface area contributed by atoms with Gasteiger partial charge in [-0.1, -0.05) is 24.4 Å². The van der Waals surface area contributed by atoms with E-state index in [1.807, 2.05) is 6.07 Å². The number of nitrogens with zero attached hydrogens (tertiary/aromatic N) is 1. The molecule has 19 heavy (non-hydrogen) atoms. The molecule has 0 unspecified atom stereocenters. The number of aromatic amines is 1. The van der Waals surface area contributed by atoms with Crippen LogP contribution in [-0.4, -0.2) is 16.5 Å². The first-order valence-corrected chi connectivity index (χ1v) is 6.65. The van der Waals surface area contributed by atoms with Gasteiger partial charge < -0.3 is 10.3 Å². The maximum absolute atomic E-state index is 13.6. The summed E-state index contributed by atoms with van der Waals surface area (Å²) < 4.78 is 14.2. The zero-order chi connectivity index (χ0) is 13.4. The molecule has 1 aromatic heterocycles. The summed E-state index contributed by atoms with van der Waals surface area (Å²) in [5.74, 6) is 0.419. The second-order valence-electron chi connectivity index (χ2n) is 4.74. The SMILES string of the molecule is Cc1ccc(-c2nc(=S)c3c([nH]2)CCNC3)cc1F. The van der Waals surface area contributed by atoms with E-state index in [4.69, 9.17) is 12.2 Å². The average molecular weight is 275 g/mol. The summed E-state index contributed by atoms with van der Waals surface area (Å²) in [6.07, 6.45) is 0.892. The highest BCUT2D eigenvalue weighted by Crippen LogP contribution is 2.21. The lowest BCUT2D eigenvalue weighted by atomic mass is 10.1. The number of aryl methyl sites for hydroxylation is 1. The van der Waals surface area contributed by atoms with Crippen LogP contribution in [0.1, 0.15) is 16.8 Å². The topological polar surface area (TPSA) is 40.7 Å². The number of aromatic nitrogens is 2. The Kier molecular flexibility index (Phi) is 3.16. The van der Waals surface area contributed by atoms with Gasteiger partial charge in [0.1, 0.15) is 16.3 Å². The molecular formula is C14H14FN3S. The molecule has 0 aliphatic carbocycles. The smallest absolute Gasteiger partial charge is 0.139 e.